The second-order valence-electron chi connectivity index (χ2n) is 4.81. The van der Waals surface area contributed by atoms with Crippen LogP contribution in [0.25, 0.3) is 5.65 Å². The normalized spacial score (nSPS) is 13.9. The maximum absolute atomic E-state index is 4.51. The number of nitrogens with one attached hydrogen (secondary N) is 1. The topological polar surface area (TPSA) is 42.2 Å². The molecule has 0 spiro atoms. The van der Waals surface area contributed by atoms with Crippen molar-refractivity contribution in [2.75, 3.05) is 5.32 Å². The lowest BCUT2D eigenvalue weighted by atomic mass is 10.2. The number of fused-ring (bicyclic) bond motifs is 2. The van der Waals surface area contributed by atoms with Gasteiger partial charge in [0.05, 0.1) is 12.7 Å². The predicted molar refractivity (Wildman–Crippen MR) is 76.7 cm³/mol. The molecule has 4 nitrogen and oxygen atoms in total. The quantitative estimate of drug-likeness (QED) is 0.795. The molecule has 3 aromatic rings. The smallest absolute Gasteiger partial charge is 0.157 e. The van der Waals surface area contributed by atoms with Crippen LogP contribution in [-0.2, 0) is 19.4 Å². The molecule has 0 atom stereocenters. The number of hydrogen-bond acceptors (Lipinski definition) is 4. The van der Waals surface area contributed by atoms with Crippen molar-refractivity contribution in [3.05, 3.63) is 45.9 Å². The molecule has 19 heavy (non-hydrogen) atoms. The van der Waals surface area contributed by atoms with Crippen molar-refractivity contribution in [2.45, 2.75) is 25.8 Å². The molecule has 0 amide bonds. The third-order valence-corrected chi connectivity index (χ3v) is 4.74. The van der Waals surface area contributed by atoms with Crippen molar-refractivity contribution in [2.24, 2.45) is 0 Å². The minimum Gasteiger partial charge on any atom is -0.365 e. The number of aryl methyl sites for hydroxylation is 2. The molecular weight excluding hydrogens is 256 g/mol. The zero-order chi connectivity index (χ0) is 12.7. The zero-order valence-corrected chi connectivity index (χ0v) is 11.3. The van der Waals surface area contributed by atoms with Gasteiger partial charge in [-0.25, -0.2) is 9.50 Å². The molecule has 0 saturated carbocycles. The maximum atomic E-state index is 4.51. The Morgan fingerprint density at radius 2 is 2.32 bits per heavy atom. The Kier molecular flexibility index (Phi) is 2.51. The number of rotatable bonds is 3. The van der Waals surface area contributed by atoms with Crippen molar-refractivity contribution in [3.63, 3.8) is 0 Å². The van der Waals surface area contributed by atoms with E-state index in [2.05, 4.69) is 21.5 Å². The summed E-state index contributed by atoms with van der Waals surface area (Å²) < 4.78 is 1.77. The van der Waals surface area contributed by atoms with Gasteiger partial charge in [0.25, 0.3) is 0 Å². The van der Waals surface area contributed by atoms with E-state index in [0.717, 1.165) is 18.0 Å². The molecule has 4 rings (SSSR count). The lowest BCUT2D eigenvalue weighted by Gasteiger charge is -2.04. The fourth-order valence-electron chi connectivity index (χ4n) is 2.57. The summed E-state index contributed by atoms with van der Waals surface area (Å²) in [6.07, 6.45) is 7.54. The Morgan fingerprint density at radius 1 is 1.32 bits per heavy atom. The fourth-order valence-corrected chi connectivity index (χ4v) is 3.77. The minimum absolute atomic E-state index is 0.856. The van der Waals surface area contributed by atoms with E-state index in [4.69, 9.17) is 0 Å². The number of nitrogens with zero attached hydrogens (tertiary/aromatic N) is 3. The monoisotopic (exact) mass is 270 g/mol. The summed E-state index contributed by atoms with van der Waals surface area (Å²) in [6.45, 7) is 0.856. The number of aromatic nitrogens is 3. The Bertz CT molecular complexity index is 706. The first-order chi connectivity index (χ1) is 9.38. The molecule has 1 N–H and O–H groups in total. The molecule has 0 radical (unpaired) electrons. The minimum atomic E-state index is 0.856. The van der Waals surface area contributed by atoms with Crippen molar-refractivity contribution in [1.29, 1.82) is 0 Å². The zero-order valence-electron chi connectivity index (χ0n) is 10.5. The van der Waals surface area contributed by atoms with Crippen molar-refractivity contribution >= 4 is 22.8 Å². The van der Waals surface area contributed by atoms with Crippen LogP contribution in [0.3, 0.4) is 0 Å². The molecule has 5 heteroatoms. The number of thiophene rings is 1. The molecule has 3 heterocycles. The lowest BCUT2D eigenvalue weighted by molar-refractivity contribution is 0.913. The Morgan fingerprint density at radius 3 is 3.26 bits per heavy atom. The highest BCUT2D eigenvalue weighted by molar-refractivity contribution is 7.12. The summed E-state index contributed by atoms with van der Waals surface area (Å²) >= 11 is 1.94. The molecule has 3 aromatic heterocycles. The SMILES string of the molecule is c1cc2nc(NCc3cc4c(s3)CCC4)ccn2n1. The van der Waals surface area contributed by atoms with E-state index in [1.165, 1.54) is 24.1 Å². The van der Waals surface area contributed by atoms with Crippen LogP contribution in [0.1, 0.15) is 21.7 Å². The lowest BCUT2D eigenvalue weighted by Crippen LogP contribution is -2.01. The second-order valence-corrected chi connectivity index (χ2v) is 6.04. The van der Waals surface area contributed by atoms with Crippen LogP contribution in [0.15, 0.2) is 30.6 Å². The maximum Gasteiger partial charge on any atom is 0.157 e. The first-order valence-corrected chi connectivity index (χ1v) is 7.35. The highest BCUT2D eigenvalue weighted by Crippen LogP contribution is 2.30. The van der Waals surface area contributed by atoms with Crippen LogP contribution in [0.5, 0.6) is 0 Å². The van der Waals surface area contributed by atoms with Gasteiger partial charge in [-0.1, -0.05) is 0 Å². The van der Waals surface area contributed by atoms with Crippen molar-refractivity contribution < 1.29 is 0 Å². The van der Waals surface area contributed by atoms with Crippen LogP contribution in [0, 0.1) is 0 Å². The molecule has 1 aliphatic rings. The summed E-state index contributed by atoms with van der Waals surface area (Å²) in [5, 5.41) is 7.53. The summed E-state index contributed by atoms with van der Waals surface area (Å²) in [6, 6.07) is 6.21. The van der Waals surface area contributed by atoms with Crippen LogP contribution < -0.4 is 5.32 Å². The van der Waals surface area contributed by atoms with Gasteiger partial charge in [-0.05, 0) is 37.0 Å². The van der Waals surface area contributed by atoms with Gasteiger partial charge in [0.1, 0.15) is 5.82 Å². The molecule has 0 aliphatic heterocycles. The largest absolute Gasteiger partial charge is 0.365 e. The number of hydrogen-bond donors (Lipinski definition) is 1. The van der Waals surface area contributed by atoms with Crippen LogP contribution in [0.2, 0.25) is 0 Å². The van der Waals surface area contributed by atoms with Crippen molar-refractivity contribution in [3.8, 4) is 0 Å². The highest BCUT2D eigenvalue weighted by Gasteiger charge is 2.14. The molecule has 0 unspecified atom stereocenters. The average Bonchev–Trinajstić information content (AvgIpc) is 3.10. The van der Waals surface area contributed by atoms with E-state index < -0.39 is 0 Å². The van der Waals surface area contributed by atoms with E-state index in [0.29, 0.717) is 0 Å². The first kappa shape index (κ1) is 11.0. The standard InChI is InChI=1S/C14H14N4S/c1-2-10-8-11(19-12(10)3-1)9-15-13-5-7-18-14(17-13)4-6-16-18/h4-8H,1-3,9H2,(H,15,17). The van der Waals surface area contributed by atoms with Gasteiger partial charge in [0, 0.05) is 22.0 Å². The Balaban J connectivity index is 1.51. The van der Waals surface area contributed by atoms with Crippen molar-refractivity contribution in [1.82, 2.24) is 14.6 Å². The Hall–Kier alpha value is -1.88. The molecule has 0 bridgehead atoms. The summed E-state index contributed by atoms with van der Waals surface area (Å²) in [4.78, 5) is 7.49. The van der Waals surface area contributed by atoms with Crippen LogP contribution in [0.4, 0.5) is 5.82 Å². The van der Waals surface area contributed by atoms with Gasteiger partial charge < -0.3 is 5.32 Å². The molecule has 0 fully saturated rings. The third kappa shape index (κ3) is 2.00. The third-order valence-electron chi connectivity index (χ3n) is 3.50. The second kappa shape index (κ2) is 4.35. The van der Waals surface area contributed by atoms with Crippen LogP contribution >= 0.6 is 11.3 Å². The van der Waals surface area contributed by atoms with Gasteiger partial charge in [-0.15, -0.1) is 11.3 Å². The van der Waals surface area contributed by atoms with E-state index in [-0.39, 0.29) is 0 Å². The molecule has 1 aliphatic carbocycles. The molecule has 96 valence electrons. The van der Waals surface area contributed by atoms with Gasteiger partial charge in [0.15, 0.2) is 5.65 Å². The van der Waals surface area contributed by atoms with Crippen LogP contribution in [-0.4, -0.2) is 14.6 Å². The van der Waals surface area contributed by atoms with Gasteiger partial charge in [0.2, 0.25) is 0 Å². The van der Waals surface area contributed by atoms with E-state index in [1.807, 2.05) is 29.7 Å². The summed E-state index contributed by atoms with van der Waals surface area (Å²) in [5.41, 5.74) is 2.43. The number of anilines is 1. The average molecular weight is 270 g/mol. The van der Waals surface area contributed by atoms with E-state index in [1.54, 1.807) is 21.2 Å². The van der Waals surface area contributed by atoms with Gasteiger partial charge >= 0.3 is 0 Å². The van der Waals surface area contributed by atoms with E-state index in [9.17, 15) is 0 Å². The molecular formula is C14H14N4S. The Labute approximate surface area is 115 Å². The van der Waals surface area contributed by atoms with Gasteiger partial charge in [-0.3, -0.25) is 0 Å². The molecule has 0 saturated heterocycles. The highest BCUT2D eigenvalue weighted by atomic mass is 32.1. The van der Waals surface area contributed by atoms with Gasteiger partial charge in [-0.2, -0.15) is 5.10 Å². The summed E-state index contributed by atoms with van der Waals surface area (Å²) in [7, 11) is 0. The molecule has 0 aromatic carbocycles. The van der Waals surface area contributed by atoms with E-state index >= 15 is 0 Å². The predicted octanol–water partition coefficient (Wildman–Crippen LogP) is 2.89. The fraction of sp³-hybridized carbons (Fsp3) is 0.286. The first-order valence-electron chi connectivity index (χ1n) is 6.53. The summed E-state index contributed by atoms with van der Waals surface area (Å²) in [5.74, 6) is 0.904.